The highest BCUT2D eigenvalue weighted by Crippen LogP contribution is 2.25. The summed E-state index contributed by atoms with van der Waals surface area (Å²) in [6.07, 6.45) is 7.47. The topological polar surface area (TPSA) is 65.5 Å². The van der Waals surface area contributed by atoms with E-state index in [2.05, 4.69) is 15.2 Å². The molecule has 0 bridgehead atoms. The van der Waals surface area contributed by atoms with Crippen molar-refractivity contribution in [3.63, 3.8) is 0 Å². The molecule has 2 aliphatic heterocycles. The fourth-order valence-corrected chi connectivity index (χ4v) is 4.78. The Bertz CT molecular complexity index is 893. The fraction of sp³-hybridized carbons (Fsp3) is 0.480. The average Bonchev–Trinajstić information content (AvgIpc) is 2.83. The smallest absolute Gasteiger partial charge is 0.253 e. The van der Waals surface area contributed by atoms with E-state index in [0.717, 1.165) is 68.6 Å². The molecule has 6 heteroatoms. The predicted octanol–water partition coefficient (Wildman–Crippen LogP) is 3.02. The maximum Gasteiger partial charge on any atom is 0.253 e. The van der Waals surface area contributed by atoms with E-state index < -0.39 is 0 Å². The van der Waals surface area contributed by atoms with E-state index >= 15 is 0 Å². The lowest BCUT2D eigenvalue weighted by molar-refractivity contribution is -0.127. The van der Waals surface area contributed by atoms with Crippen LogP contribution in [-0.4, -0.2) is 58.8 Å². The van der Waals surface area contributed by atoms with Crippen LogP contribution in [0.4, 0.5) is 0 Å². The van der Waals surface area contributed by atoms with Crippen LogP contribution in [0.25, 0.3) is 0 Å². The first kappa shape index (κ1) is 21.5. The molecule has 164 valence electrons. The van der Waals surface area contributed by atoms with E-state index in [1.807, 2.05) is 48.2 Å². The standard InChI is InChI=1S/C25H32N4O2/c1-19-5-2-7-21(15-19)25(31)28-13-9-23(10-14-28)29-12-4-8-22(18-29)24(30)27-17-20-6-3-11-26-16-20/h2-3,5-7,11,15-16,22-23H,4,8-10,12-14,17-18H2,1H3,(H,27,30)/t22-/m0/s1. The molecule has 2 aromatic rings. The van der Waals surface area contributed by atoms with Crippen LogP contribution >= 0.6 is 0 Å². The number of nitrogens with one attached hydrogen (secondary N) is 1. The first-order valence-electron chi connectivity index (χ1n) is 11.4. The zero-order valence-electron chi connectivity index (χ0n) is 18.3. The van der Waals surface area contributed by atoms with E-state index in [9.17, 15) is 9.59 Å². The minimum atomic E-state index is 0.0392. The first-order chi connectivity index (χ1) is 15.1. The molecule has 0 unspecified atom stereocenters. The lowest BCUT2D eigenvalue weighted by Crippen LogP contribution is -2.51. The first-order valence-corrected chi connectivity index (χ1v) is 11.4. The van der Waals surface area contributed by atoms with Gasteiger partial charge in [-0.25, -0.2) is 0 Å². The Morgan fingerprint density at radius 1 is 1.10 bits per heavy atom. The van der Waals surface area contributed by atoms with Gasteiger partial charge in [0.15, 0.2) is 0 Å². The normalized spacial score (nSPS) is 20.4. The third kappa shape index (κ3) is 5.50. The predicted molar refractivity (Wildman–Crippen MR) is 120 cm³/mol. The Morgan fingerprint density at radius 3 is 2.68 bits per heavy atom. The Morgan fingerprint density at radius 2 is 1.94 bits per heavy atom. The van der Waals surface area contributed by atoms with Gasteiger partial charge in [-0.05, 0) is 62.9 Å². The quantitative estimate of drug-likeness (QED) is 0.808. The number of carbonyl (C=O) groups is 2. The van der Waals surface area contributed by atoms with Gasteiger partial charge in [-0.3, -0.25) is 19.5 Å². The van der Waals surface area contributed by atoms with Crippen LogP contribution < -0.4 is 5.32 Å². The van der Waals surface area contributed by atoms with Gasteiger partial charge in [-0.15, -0.1) is 0 Å². The van der Waals surface area contributed by atoms with Crippen LogP contribution in [0.2, 0.25) is 0 Å². The zero-order valence-corrected chi connectivity index (χ0v) is 18.3. The van der Waals surface area contributed by atoms with Crippen molar-refractivity contribution in [2.75, 3.05) is 26.2 Å². The molecule has 0 saturated carbocycles. The van der Waals surface area contributed by atoms with Crippen molar-refractivity contribution < 1.29 is 9.59 Å². The van der Waals surface area contributed by atoms with Crippen LogP contribution in [0, 0.1) is 12.8 Å². The van der Waals surface area contributed by atoms with Crippen molar-refractivity contribution in [1.29, 1.82) is 0 Å². The molecule has 1 N–H and O–H groups in total. The third-order valence-corrected chi connectivity index (χ3v) is 6.55. The maximum atomic E-state index is 12.8. The largest absolute Gasteiger partial charge is 0.352 e. The molecule has 0 radical (unpaired) electrons. The van der Waals surface area contributed by atoms with Crippen LogP contribution in [0.3, 0.4) is 0 Å². The Hall–Kier alpha value is -2.73. The summed E-state index contributed by atoms with van der Waals surface area (Å²) in [5.74, 6) is 0.312. The number of rotatable bonds is 5. The highest BCUT2D eigenvalue weighted by Gasteiger charge is 2.32. The Kier molecular flexibility index (Phi) is 6.97. The number of aryl methyl sites for hydroxylation is 1. The molecule has 2 amide bonds. The number of carbonyl (C=O) groups excluding carboxylic acids is 2. The summed E-state index contributed by atoms with van der Waals surface area (Å²) >= 11 is 0. The summed E-state index contributed by atoms with van der Waals surface area (Å²) < 4.78 is 0. The van der Waals surface area contributed by atoms with Gasteiger partial charge in [0.05, 0.1) is 5.92 Å². The van der Waals surface area contributed by atoms with Crippen molar-refractivity contribution in [3.8, 4) is 0 Å². The molecule has 1 atom stereocenters. The molecule has 0 aliphatic carbocycles. The molecule has 2 fully saturated rings. The Balaban J connectivity index is 1.26. The van der Waals surface area contributed by atoms with Crippen LogP contribution in [0.15, 0.2) is 48.8 Å². The Labute approximate surface area is 184 Å². The van der Waals surface area contributed by atoms with Gasteiger partial charge in [0.25, 0.3) is 5.91 Å². The van der Waals surface area contributed by atoms with Gasteiger partial charge in [0.1, 0.15) is 0 Å². The molecular formula is C25H32N4O2. The molecular weight excluding hydrogens is 388 g/mol. The molecule has 3 heterocycles. The highest BCUT2D eigenvalue weighted by atomic mass is 16.2. The number of likely N-dealkylation sites (tertiary alicyclic amines) is 2. The highest BCUT2D eigenvalue weighted by molar-refractivity contribution is 5.94. The van der Waals surface area contributed by atoms with Gasteiger partial charge in [0, 0.05) is 50.2 Å². The molecule has 2 aliphatic rings. The number of piperidine rings is 2. The number of pyridine rings is 1. The van der Waals surface area contributed by atoms with E-state index in [1.54, 1.807) is 12.4 Å². The molecule has 4 rings (SSSR count). The van der Waals surface area contributed by atoms with E-state index in [-0.39, 0.29) is 17.7 Å². The average molecular weight is 421 g/mol. The summed E-state index contributed by atoms with van der Waals surface area (Å²) in [6.45, 7) is 5.97. The van der Waals surface area contributed by atoms with Crippen LogP contribution in [0.5, 0.6) is 0 Å². The minimum absolute atomic E-state index is 0.0392. The van der Waals surface area contributed by atoms with Gasteiger partial charge < -0.3 is 10.2 Å². The summed E-state index contributed by atoms with van der Waals surface area (Å²) in [6, 6.07) is 12.2. The SMILES string of the molecule is Cc1cccc(C(=O)N2CCC(N3CCC[C@H](C(=O)NCc4cccnc4)C3)CC2)c1. The molecule has 0 spiro atoms. The van der Waals surface area contributed by atoms with Crippen molar-refractivity contribution >= 4 is 11.8 Å². The summed E-state index contributed by atoms with van der Waals surface area (Å²) in [7, 11) is 0. The molecule has 31 heavy (non-hydrogen) atoms. The monoisotopic (exact) mass is 420 g/mol. The summed E-state index contributed by atoms with van der Waals surface area (Å²) in [5.41, 5.74) is 2.91. The van der Waals surface area contributed by atoms with E-state index in [1.165, 1.54) is 0 Å². The second-order valence-corrected chi connectivity index (χ2v) is 8.81. The lowest BCUT2D eigenvalue weighted by atomic mass is 9.93. The number of benzene rings is 1. The number of amides is 2. The minimum Gasteiger partial charge on any atom is -0.352 e. The summed E-state index contributed by atoms with van der Waals surface area (Å²) in [4.78, 5) is 34.1. The third-order valence-electron chi connectivity index (χ3n) is 6.55. The van der Waals surface area contributed by atoms with Gasteiger partial charge in [0.2, 0.25) is 5.91 Å². The van der Waals surface area contributed by atoms with Gasteiger partial charge >= 0.3 is 0 Å². The maximum absolute atomic E-state index is 12.8. The fourth-order valence-electron chi connectivity index (χ4n) is 4.78. The molecule has 1 aromatic heterocycles. The van der Waals surface area contributed by atoms with Crippen molar-refractivity contribution in [2.45, 2.75) is 45.2 Å². The molecule has 1 aromatic carbocycles. The zero-order chi connectivity index (χ0) is 21.6. The number of hydrogen-bond donors (Lipinski definition) is 1. The van der Waals surface area contributed by atoms with Gasteiger partial charge in [-0.2, -0.15) is 0 Å². The van der Waals surface area contributed by atoms with E-state index in [0.29, 0.717) is 12.6 Å². The van der Waals surface area contributed by atoms with Crippen LogP contribution in [0.1, 0.15) is 47.2 Å². The number of aromatic nitrogens is 1. The summed E-state index contributed by atoms with van der Waals surface area (Å²) in [5, 5.41) is 3.08. The molecule has 6 nitrogen and oxygen atoms in total. The van der Waals surface area contributed by atoms with Crippen molar-refractivity contribution in [1.82, 2.24) is 20.1 Å². The van der Waals surface area contributed by atoms with Crippen molar-refractivity contribution in [2.24, 2.45) is 5.92 Å². The number of nitrogens with zero attached hydrogens (tertiary/aromatic N) is 3. The molecule has 2 saturated heterocycles. The van der Waals surface area contributed by atoms with Crippen LogP contribution in [-0.2, 0) is 11.3 Å². The van der Waals surface area contributed by atoms with E-state index in [4.69, 9.17) is 0 Å². The number of hydrogen-bond acceptors (Lipinski definition) is 4. The lowest BCUT2D eigenvalue weighted by Gasteiger charge is -2.42. The second kappa shape index (κ2) is 10.1. The second-order valence-electron chi connectivity index (χ2n) is 8.81. The van der Waals surface area contributed by atoms with Gasteiger partial charge in [-0.1, -0.05) is 23.8 Å². The van der Waals surface area contributed by atoms with Crippen molar-refractivity contribution in [3.05, 3.63) is 65.5 Å².